The highest BCUT2D eigenvalue weighted by molar-refractivity contribution is 8.84. The second-order valence-corrected chi connectivity index (χ2v) is 19.2. The molecule has 1 fully saturated rings. The van der Waals surface area contributed by atoms with Gasteiger partial charge >= 0.3 is 6.20 Å². The molecule has 0 aromatic heterocycles. The SMILES string of the molecule is C#CC(CS[P+](=O)SC)CN(C)CN1CC(C#C)CN(C)P1(=S)SC. The molecular weight excluding hydrogens is 428 g/mol. The minimum Gasteiger partial charge on any atom is -0.292 e. The van der Waals surface area contributed by atoms with Crippen molar-refractivity contribution in [1.29, 1.82) is 0 Å². The Hall–Kier alpha value is 0.800. The van der Waals surface area contributed by atoms with Gasteiger partial charge in [0.1, 0.15) is 28.3 Å². The van der Waals surface area contributed by atoms with Gasteiger partial charge in [-0.1, -0.05) is 23.2 Å². The summed E-state index contributed by atoms with van der Waals surface area (Å²) in [5, 5.41) is 0. The zero-order valence-electron chi connectivity index (χ0n) is 15.1. The van der Waals surface area contributed by atoms with Gasteiger partial charge in [0, 0.05) is 37.7 Å². The van der Waals surface area contributed by atoms with Crippen LogP contribution in [-0.4, -0.2) is 72.9 Å². The summed E-state index contributed by atoms with van der Waals surface area (Å²) in [6.45, 7) is 3.20. The molecule has 0 aromatic rings. The molecule has 10 heteroatoms. The van der Waals surface area contributed by atoms with E-state index in [2.05, 4.69) is 46.4 Å². The Morgan fingerprint density at radius 1 is 1.44 bits per heavy atom. The molecule has 4 unspecified atom stereocenters. The third kappa shape index (κ3) is 7.04. The van der Waals surface area contributed by atoms with Crippen LogP contribution in [0.1, 0.15) is 0 Å². The minimum atomic E-state index is -1.82. The van der Waals surface area contributed by atoms with E-state index in [1.807, 2.05) is 6.26 Å². The molecule has 0 saturated carbocycles. The van der Waals surface area contributed by atoms with Crippen LogP contribution in [0.3, 0.4) is 0 Å². The van der Waals surface area contributed by atoms with Gasteiger partial charge in [-0.3, -0.25) is 9.57 Å². The molecule has 4 atom stereocenters. The number of rotatable bonds is 9. The van der Waals surface area contributed by atoms with E-state index in [0.29, 0.717) is 5.75 Å². The van der Waals surface area contributed by atoms with E-state index in [1.165, 1.54) is 22.8 Å². The topological polar surface area (TPSA) is 26.8 Å². The van der Waals surface area contributed by atoms with Gasteiger partial charge in [-0.15, -0.1) is 24.7 Å². The monoisotopic (exact) mass is 454 g/mol. The molecule has 1 saturated heterocycles. The molecule has 1 aliphatic rings. The lowest BCUT2D eigenvalue weighted by atomic mass is 10.1. The summed E-state index contributed by atoms with van der Waals surface area (Å²) in [6, 6.07) is 0. The van der Waals surface area contributed by atoms with E-state index in [-0.39, 0.29) is 11.8 Å². The van der Waals surface area contributed by atoms with Crippen molar-refractivity contribution >= 4 is 57.7 Å². The number of terminal acetylenes is 2. The summed E-state index contributed by atoms with van der Waals surface area (Å²) >= 11 is 10.6. The molecule has 4 nitrogen and oxygen atoms in total. The number of hydrogen-bond acceptors (Lipinski definition) is 6. The van der Waals surface area contributed by atoms with E-state index in [1.54, 1.807) is 11.4 Å². The van der Waals surface area contributed by atoms with Crippen molar-refractivity contribution in [1.82, 2.24) is 14.2 Å². The average molecular weight is 455 g/mol. The van der Waals surface area contributed by atoms with Crippen LogP contribution in [0.2, 0.25) is 0 Å². The molecule has 0 radical (unpaired) electrons. The van der Waals surface area contributed by atoms with Gasteiger partial charge in [0.15, 0.2) is 0 Å². The molecule has 25 heavy (non-hydrogen) atoms. The van der Waals surface area contributed by atoms with Gasteiger partial charge in [0.2, 0.25) is 0 Å². The van der Waals surface area contributed by atoms with E-state index >= 15 is 0 Å². The van der Waals surface area contributed by atoms with Crippen LogP contribution in [0.5, 0.6) is 0 Å². The zero-order valence-corrected chi connectivity index (χ0v) is 20.2. The summed E-state index contributed by atoms with van der Waals surface area (Å²) in [5.41, 5.74) is -1.82. The van der Waals surface area contributed by atoms with Crippen molar-refractivity contribution in [3.05, 3.63) is 0 Å². The van der Waals surface area contributed by atoms with Crippen molar-refractivity contribution in [2.45, 2.75) is 0 Å². The Kier molecular flexibility index (Phi) is 11.1. The van der Waals surface area contributed by atoms with Crippen LogP contribution >= 0.6 is 45.9 Å². The lowest BCUT2D eigenvalue weighted by Gasteiger charge is -2.47. The van der Waals surface area contributed by atoms with E-state index < -0.39 is 11.7 Å². The van der Waals surface area contributed by atoms with Crippen LogP contribution in [0.15, 0.2) is 0 Å². The predicted molar refractivity (Wildman–Crippen MR) is 123 cm³/mol. The fourth-order valence-electron chi connectivity index (χ4n) is 2.62. The van der Waals surface area contributed by atoms with Gasteiger partial charge in [-0.2, -0.15) is 0 Å². The second kappa shape index (κ2) is 11.6. The summed E-state index contributed by atoms with van der Waals surface area (Å²) < 4.78 is 16.2. The lowest BCUT2D eigenvalue weighted by molar-refractivity contribution is 0.194. The Morgan fingerprint density at radius 2 is 2.12 bits per heavy atom. The van der Waals surface area contributed by atoms with Crippen molar-refractivity contribution in [3.8, 4) is 24.7 Å². The van der Waals surface area contributed by atoms with Crippen LogP contribution in [0.25, 0.3) is 0 Å². The first-order valence-electron chi connectivity index (χ1n) is 7.68. The molecule has 0 N–H and O–H groups in total. The van der Waals surface area contributed by atoms with E-state index in [9.17, 15) is 4.57 Å². The number of nitrogens with zero attached hydrogens (tertiary/aromatic N) is 3. The highest BCUT2D eigenvalue weighted by Crippen LogP contribution is 2.64. The fourth-order valence-corrected chi connectivity index (χ4v) is 10.7. The third-order valence-electron chi connectivity index (χ3n) is 3.88. The van der Waals surface area contributed by atoms with Crippen molar-refractivity contribution in [2.24, 2.45) is 11.8 Å². The minimum absolute atomic E-state index is 0.0687. The second-order valence-electron chi connectivity index (χ2n) is 5.81. The maximum atomic E-state index is 11.6. The molecule has 0 bridgehead atoms. The first kappa shape index (κ1) is 23.8. The Labute approximate surface area is 171 Å². The maximum Gasteiger partial charge on any atom is 0.483 e. The first-order valence-corrected chi connectivity index (χ1v) is 16.9. The van der Waals surface area contributed by atoms with E-state index in [4.69, 9.17) is 24.7 Å². The van der Waals surface area contributed by atoms with Crippen molar-refractivity contribution in [3.63, 3.8) is 0 Å². The Balaban J connectivity index is 2.70. The van der Waals surface area contributed by atoms with Gasteiger partial charge < -0.3 is 0 Å². The summed E-state index contributed by atoms with van der Waals surface area (Å²) in [4.78, 5) is 2.21. The van der Waals surface area contributed by atoms with Crippen LogP contribution in [0, 0.1) is 36.5 Å². The Bertz CT molecular complexity index is 592. The average Bonchev–Trinajstić information content (AvgIpc) is 2.61. The maximum absolute atomic E-state index is 11.6. The first-order chi connectivity index (χ1) is 11.8. The summed E-state index contributed by atoms with van der Waals surface area (Å²) in [6.07, 6.45) is 14.0. The largest absolute Gasteiger partial charge is 0.483 e. The predicted octanol–water partition coefficient (Wildman–Crippen LogP) is 3.96. The molecule has 0 aliphatic carbocycles. The molecule has 1 aliphatic heterocycles. The number of hydrogen-bond donors (Lipinski definition) is 0. The van der Waals surface area contributed by atoms with Gasteiger partial charge in [0.05, 0.1) is 12.4 Å². The quantitative estimate of drug-likeness (QED) is 0.382. The van der Waals surface area contributed by atoms with Gasteiger partial charge in [-0.05, 0) is 24.9 Å². The van der Waals surface area contributed by atoms with Crippen molar-refractivity contribution < 1.29 is 4.57 Å². The smallest absolute Gasteiger partial charge is 0.292 e. The molecule has 0 aromatic carbocycles. The van der Waals surface area contributed by atoms with E-state index in [0.717, 1.165) is 26.3 Å². The molecule has 140 valence electrons. The molecule has 1 heterocycles. The highest BCUT2D eigenvalue weighted by atomic mass is 33.1. The Morgan fingerprint density at radius 3 is 2.64 bits per heavy atom. The summed E-state index contributed by atoms with van der Waals surface area (Å²) in [7, 11) is 4.14. The zero-order chi connectivity index (χ0) is 19.0. The van der Waals surface area contributed by atoms with Gasteiger partial charge in [0.25, 0.3) is 0 Å². The molecule has 0 amide bonds. The highest BCUT2D eigenvalue weighted by Gasteiger charge is 2.37. The van der Waals surface area contributed by atoms with Crippen LogP contribution < -0.4 is 0 Å². The van der Waals surface area contributed by atoms with Gasteiger partial charge in [-0.25, -0.2) is 4.67 Å². The van der Waals surface area contributed by atoms with Crippen LogP contribution in [0.4, 0.5) is 0 Å². The standard InChI is InChI=1S/C15H26N3OP2S4/c1-7-14-10-17(4)21(22,24-6)18(11-14)13-16(3)9-15(8-2)12-25-20(19)23-5/h1-2,14-15H,9-13H2,3-6H3/q+1. The summed E-state index contributed by atoms with van der Waals surface area (Å²) in [5.74, 6) is 6.69. The third-order valence-corrected chi connectivity index (χ3v) is 17.5. The normalized spacial score (nSPS) is 26.8. The molecule has 0 spiro atoms. The molecular formula is C15H26N3OP2S4+. The van der Waals surface area contributed by atoms with Crippen molar-refractivity contribution in [2.75, 3.05) is 58.7 Å². The molecule has 1 rings (SSSR count). The lowest BCUT2D eigenvalue weighted by Crippen LogP contribution is -2.46. The fraction of sp³-hybridized carbons (Fsp3) is 0.733. The van der Waals surface area contributed by atoms with Crippen LogP contribution in [-0.2, 0) is 16.4 Å².